The van der Waals surface area contributed by atoms with Crippen molar-refractivity contribution in [3.8, 4) is 16.9 Å². The molecule has 3 aromatic rings. The van der Waals surface area contributed by atoms with E-state index >= 15 is 0 Å². The molecule has 2 aliphatic rings. The number of nitrogens with zero attached hydrogens (tertiary/aromatic N) is 4. The van der Waals surface area contributed by atoms with Gasteiger partial charge >= 0.3 is 0 Å². The second-order valence-electron chi connectivity index (χ2n) is 8.97. The highest BCUT2D eigenvalue weighted by molar-refractivity contribution is 5.93. The predicted molar refractivity (Wildman–Crippen MR) is 120 cm³/mol. The molecule has 0 spiro atoms. The first-order valence-corrected chi connectivity index (χ1v) is 11.2. The summed E-state index contributed by atoms with van der Waals surface area (Å²) < 4.78 is 14.0. The second kappa shape index (κ2) is 8.48. The number of furan rings is 1. The third-order valence-electron chi connectivity index (χ3n) is 6.34. The lowest BCUT2D eigenvalue weighted by Gasteiger charge is -2.18. The van der Waals surface area contributed by atoms with Crippen molar-refractivity contribution >= 4 is 11.0 Å². The van der Waals surface area contributed by atoms with E-state index in [0.717, 1.165) is 55.2 Å². The van der Waals surface area contributed by atoms with Gasteiger partial charge in [-0.3, -0.25) is 14.7 Å². The Morgan fingerprint density at radius 1 is 1.16 bits per heavy atom. The average molecular weight is 423 g/mol. The van der Waals surface area contributed by atoms with E-state index in [4.69, 9.17) is 9.15 Å². The van der Waals surface area contributed by atoms with Gasteiger partial charge in [0.1, 0.15) is 17.1 Å². The first-order valence-electron chi connectivity index (χ1n) is 11.2. The fraction of sp³-hybridized carbons (Fsp3) is 0.500. The van der Waals surface area contributed by atoms with E-state index in [-0.39, 0.29) is 5.56 Å². The molecule has 1 saturated carbocycles. The number of aryl methyl sites for hydroxylation is 1. The van der Waals surface area contributed by atoms with Gasteiger partial charge in [0.25, 0.3) is 5.56 Å². The van der Waals surface area contributed by atoms with Crippen LogP contribution in [0.25, 0.3) is 22.1 Å². The molecule has 0 unspecified atom stereocenters. The first kappa shape index (κ1) is 20.3. The quantitative estimate of drug-likeness (QED) is 0.608. The molecule has 0 aromatic carbocycles. The van der Waals surface area contributed by atoms with E-state index in [1.807, 2.05) is 18.3 Å². The minimum absolute atomic E-state index is 0.0427. The van der Waals surface area contributed by atoms with E-state index in [1.54, 1.807) is 24.0 Å². The van der Waals surface area contributed by atoms with Crippen molar-refractivity contribution in [2.75, 3.05) is 39.8 Å². The maximum atomic E-state index is 12.9. The summed E-state index contributed by atoms with van der Waals surface area (Å²) in [6.45, 7) is 5.63. The molecular weight excluding hydrogens is 392 g/mol. The second-order valence-corrected chi connectivity index (χ2v) is 8.97. The Hall–Kier alpha value is -2.64. The highest BCUT2D eigenvalue weighted by atomic mass is 16.5. The zero-order valence-electron chi connectivity index (χ0n) is 18.3. The van der Waals surface area contributed by atoms with Crippen LogP contribution < -0.4 is 10.3 Å². The third-order valence-corrected chi connectivity index (χ3v) is 6.34. The fourth-order valence-corrected chi connectivity index (χ4v) is 4.26. The van der Waals surface area contributed by atoms with Gasteiger partial charge in [0.2, 0.25) is 0 Å². The van der Waals surface area contributed by atoms with Gasteiger partial charge in [0.15, 0.2) is 0 Å². The van der Waals surface area contributed by atoms with E-state index in [9.17, 15) is 4.79 Å². The van der Waals surface area contributed by atoms with Gasteiger partial charge in [-0.1, -0.05) is 0 Å². The zero-order chi connectivity index (χ0) is 21.4. The molecule has 3 aromatic heterocycles. The minimum atomic E-state index is -0.0427. The summed E-state index contributed by atoms with van der Waals surface area (Å²) in [7, 11) is 3.95. The van der Waals surface area contributed by atoms with Crippen molar-refractivity contribution in [3.05, 3.63) is 46.8 Å². The van der Waals surface area contributed by atoms with Crippen molar-refractivity contribution in [2.45, 2.75) is 25.8 Å². The van der Waals surface area contributed by atoms with Gasteiger partial charge in [-0.15, -0.1) is 0 Å². The van der Waals surface area contributed by atoms with Gasteiger partial charge in [0.05, 0.1) is 24.7 Å². The fourth-order valence-electron chi connectivity index (χ4n) is 4.26. The van der Waals surface area contributed by atoms with Crippen LogP contribution in [-0.2, 0) is 13.6 Å². The first-order chi connectivity index (χ1) is 15.1. The van der Waals surface area contributed by atoms with Crippen LogP contribution >= 0.6 is 0 Å². The van der Waals surface area contributed by atoms with Crippen molar-refractivity contribution in [1.82, 2.24) is 19.4 Å². The smallest absolute Gasteiger partial charge is 0.261 e. The summed E-state index contributed by atoms with van der Waals surface area (Å²) >= 11 is 0. The predicted octanol–water partition coefficient (Wildman–Crippen LogP) is 3.12. The lowest BCUT2D eigenvalue weighted by Crippen LogP contribution is -2.28. The SMILES string of the molecule is CN1CCCN(Cc2cc3c(=O)n(C)cc(-c4ccncc4OCC4CC4)c3o2)CC1. The number of ether oxygens (including phenoxy) is 1. The van der Waals surface area contributed by atoms with Gasteiger partial charge in [-0.05, 0) is 57.5 Å². The number of hydrogen-bond acceptors (Lipinski definition) is 6. The van der Waals surface area contributed by atoms with E-state index in [0.29, 0.717) is 30.0 Å². The molecule has 1 aliphatic heterocycles. The number of pyridine rings is 2. The summed E-state index contributed by atoms with van der Waals surface area (Å²) in [5.41, 5.74) is 2.37. The van der Waals surface area contributed by atoms with E-state index < -0.39 is 0 Å². The van der Waals surface area contributed by atoms with Gasteiger partial charge < -0.3 is 18.6 Å². The van der Waals surface area contributed by atoms with Crippen LogP contribution in [0.2, 0.25) is 0 Å². The minimum Gasteiger partial charge on any atom is -0.491 e. The normalized spacial score (nSPS) is 18.4. The molecule has 164 valence electrons. The Labute approximate surface area is 182 Å². The Balaban J connectivity index is 1.50. The standard InChI is InChI=1S/C24H30N4O3/c1-26-8-3-9-28(11-10-26)14-18-12-20-23(31-18)21(15-27(2)24(20)29)19-6-7-25-13-22(19)30-16-17-4-5-17/h6-7,12-13,15,17H,3-5,8-11,14,16H2,1-2H3. The van der Waals surface area contributed by atoms with Gasteiger partial charge in [0, 0.05) is 43.7 Å². The molecule has 0 amide bonds. The lowest BCUT2D eigenvalue weighted by molar-refractivity contribution is 0.251. The molecule has 5 rings (SSSR count). The number of aromatic nitrogens is 2. The van der Waals surface area contributed by atoms with E-state index in [1.165, 1.54) is 12.8 Å². The number of likely N-dealkylation sites (N-methyl/N-ethyl adjacent to an activating group) is 1. The Bertz CT molecular complexity index is 1130. The van der Waals surface area contributed by atoms with E-state index in [2.05, 4.69) is 21.8 Å². The molecule has 0 radical (unpaired) electrons. The van der Waals surface area contributed by atoms with Crippen LogP contribution in [0.15, 0.2) is 39.9 Å². The summed E-state index contributed by atoms with van der Waals surface area (Å²) in [6, 6.07) is 3.86. The van der Waals surface area contributed by atoms with Gasteiger partial charge in [-0.2, -0.15) is 0 Å². The molecular formula is C24H30N4O3. The van der Waals surface area contributed by atoms with Crippen LogP contribution in [0.3, 0.4) is 0 Å². The molecule has 0 atom stereocenters. The molecule has 2 fully saturated rings. The number of hydrogen-bond donors (Lipinski definition) is 0. The maximum absolute atomic E-state index is 12.9. The average Bonchev–Trinajstić information content (AvgIpc) is 3.54. The molecule has 0 N–H and O–H groups in total. The van der Waals surface area contributed by atoms with Crippen LogP contribution in [-0.4, -0.2) is 59.2 Å². The largest absolute Gasteiger partial charge is 0.491 e. The van der Waals surface area contributed by atoms with Gasteiger partial charge in [-0.25, -0.2) is 0 Å². The highest BCUT2D eigenvalue weighted by Crippen LogP contribution is 2.36. The molecule has 0 bridgehead atoms. The Morgan fingerprint density at radius 2 is 2.03 bits per heavy atom. The molecule has 1 saturated heterocycles. The van der Waals surface area contributed by atoms with Crippen LogP contribution in [0.5, 0.6) is 5.75 Å². The lowest BCUT2D eigenvalue weighted by atomic mass is 10.1. The van der Waals surface area contributed by atoms with Crippen LogP contribution in [0, 0.1) is 5.92 Å². The Kier molecular flexibility index (Phi) is 5.54. The molecule has 31 heavy (non-hydrogen) atoms. The summed E-state index contributed by atoms with van der Waals surface area (Å²) in [6.07, 6.45) is 8.96. The monoisotopic (exact) mass is 422 g/mol. The highest BCUT2D eigenvalue weighted by Gasteiger charge is 2.24. The summed E-state index contributed by atoms with van der Waals surface area (Å²) in [5, 5.41) is 0.617. The van der Waals surface area contributed by atoms with Crippen LogP contribution in [0.1, 0.15) is 25.0 Å². The van der Waals surface area contributed by atoms with Crippen molar-refractivity contribution in [2.24, 2.45) is 13.0 Å². The summed E-state index contributed by atoms with van der Waals surface area (Å²) in [5.74, 6) is 2.22. The molecule has 1 aliphatic carbocycles. The number of rotatable bonds is 6. The molecule has 7 heteroatoms. The zero-order valence-corrected chi connectivity index (χ0v) is 18.3. The van der Waals surface area contributed by atoms with Crippen molar-refractivity contribution in [3.63, 3.8) is 0 Å². The molecule has 7 nitrogen and oxygen atoms in total. The Morgan fingerprint density at radius 3 is 2.87 bits per heavy atom. The van der Waals surface area contributed by atoms with Crippen molar-refractivity contribution in [1.29, 1.82) is 0 Å². The van der Waals surface area contributed by atoms with Crippen molar-refractivity contribution < 1.29 is 9.15 Å². The van der Waals surface area contributed by atoms with Crippen LogP contribution in [0.4, 0.5) is 0 Å². The molecule has 4 heterocycles. The number of fused-ring (bicyclic) bond motifs is 1. The maximum Gasteiger partial charge on any atom is 0.261 e. The summed E-state index contributed by atoms with van der Waals surface area (Å²) in [4.78, 5) is 21.9. The third kappa shape index (κ3) is 4.38. The topological polar surface area (TPSA) is 63.7 Å².